The summed E-state index contributed by atoms with van der Waals surface area (Å²) >= 11 is 0. The number of pyridine rings is 1. The molecule has 1 fully saturated rings. The number of hydrogen-bond donors (Lipinski definition) is 2. The average Bonchev–Trinajstić information content (AvgIpc) is 2.62. The van der Waals surface area contributed by atoms with Gasteiger partial charge in [-0.1, -0.05) is 13.8 Å². The van der Waals surface area contributed by atoms with E-state index in [4.69, 9.17) is 0 Å². The second-order valence-electron chi connectivity index (χ2n) is 8.47. The summed E-state index contributed by atoms with van der Waals surface area (Å²) in [6.07, 6.45) is 6.17. The minimum absolute atomic E-state index is 0.0313. The Bertz CT molecular complexity index is 882. The Morgan fingerprint density at radius 1 is 1.14 bits per heavy atom. The molecule has 7 heteroatoms. The molecule has 1 amide bonds. The van der Waals surface area contributed by atoms with Crippen LogP contribution in [0.1, 0.15) is 65.8 Å². The van der Waals surface area contributed by atoms with Crippen molar-refractivity contribution in [1.29, 1.82) is 0 Å². The van der Waals surface area contributed by atoms with E-state index in [2.05, 4.69) is 34.4 Å². The average molecular weight is 386 g/mol. The number of rotatable bonds is 6. The van der Waals surface area contributed by atoms with Crippen LogP contribution in [0.25, 0.3) is 11.0 Å². The molecule has 0 unspecified atom stereocenters. The normalized spacial score (nSPS) is 19.9. The lowest BCUT2D eigenvalue weighted by Crippen LogP contribution is -2.40. The Morgan fingerprint density at radius 2 is 1.82 bits per heavy atom. The number of amides is 1. The van der Waals surface area contributed by atoms with Crippen LogP contribution in [0.4, 0.5) is 5.95 Å². The van der Waals surface area contributed by atoms with Gasteiger partial charge >= 0.3 is 0 Å². The van der Waals surface area contributed by atoms with Gasteiger partial charge in [-0.2, -0.15) is 4.98 Å². The highest BCUT2D eigenvalue weighted by molar-refractivity contribution is 5.76. The molecular formula is C21H31N5O2. The Labute approximate surface area is 166 Å². The van der Waals surface area contributed by atoms with Crippen LogP contribution in [0.5, 0.6) is 0 Å². The fourth-order valence-corrected chi connectivity index (χ4v) is 3.83. The summed E-state index contributed by atoms with van der Waals surface area (Å²) in [6.45, 7) is 8.07. The van der Waals surface area contributed by atoms with Gasteiger partial charge in [0.25, 0.3) is 5.56 Å². The quantitative estimate of drug-likeness (QED) is 0.797. The molecule has 2 aromatic heterocycles. The summed E-state index contributed by atoms with van der Waals surface area (Å²) in [5.41, 5.74) is 0.611. The predicted octanol–water partition coefficient (Wildman–Crippen LogP) is 3.26. The van der Waals surface area contributed by atoms with Crippen molar-refractivity contribution in [2.45, 2.75) is 77.9 Å². The maximum Gasteiger partial charge on any atom is 0.252 e. The largest absolute Gasteiger partial charge is 0.353 e. The molecule has 0 aliphatic heterocycles. The topological polar surface area (TPSA) is 88.9 Å². The van der Waals surface area contributed by atoms with Crippen LogP contribution in [0.3, 0.4) is 0 Å². The number of carbonyl (C=O) groups excluding carboxylic acids is 1. The molecule has 0 aromatic carbocycles. The number of nitrogens with zero attached hydrogens (tertiary/aromatic N) is 3. The highest BCUT2D eigenvalue weighted by atomic mass is 16.1. The minimum atomic E-state index is -0.0511. The zero-order valence-corrected chi connectivity index (χ0v) is 17.2. The van der Waals surface area contributed by atoms with Crippen molar-refractivity contribution in [1.82, 2.24) is 19.9 Å². The molecule has 7 nitrogen and oxygen atoms in total. The Balaban J connectivity index is 1.64. The van der Waals surface area contributed by atoms with E-state index in [1.165, 1.54) is 0 Å². The molecule has 0 spiro atoms. The first kappa shape index (κ1) is 20.3. The van der Waals surface area contributed by atoms with Gasteiger partial charge in [0, 0.05) is 42.2 Å². The van der Waals surface area contributed by atoms with E-state index in [-0.39, 0.29) is 29.6 Å². The van der Waals surface area contributed by atoms with E-state index < -0.39 is 0 Å². The van der Waals surface area contributed by atoms with E-state index in [9.17, 15) is 9.59 Å². The molecule has 1 aliphatic rings. The van der Waals surface area contributed by atoms with E-state index in [1.54, 1.807) is 22.9 Å². The molecule has 0 atom stereocenters. The first-order valence-corrected chi connectivity index (χ1v) is 10.3. The molecule has 0 saturated heterocycles. The van der Waals surface area contributed by atoms with Gasteiger partial charge in [0.15, 0.2) is 0 Å². The zero-order valence-electron chi connectivity index (χ0n) is 17.2. The van der Waals surface area contributed by atoms with Gasteiger partial charge in [-0.05, 0) is 51.5 Å². The predicted molar refractivity (Wildman–Crippen MR) is 111 cm³/mol. The summed E-state index contributed by atoms with van der Waals surface area (Å²) in [7, 11) is 0. The molecule has 2 heterocycles. The van der Waals surface area contributed by atoms with E-state index in [0.717, 1.165) is 31.1 Å². The molecule has 2 aromatic rings. The molecule has 0 bridgehead atoms. The summed E-state index contributed by atoms with van der Waals surface area (Å²) in [5.74, 6) is 1.09. The maximum atomic E-state index is 12.2. The number of nitrogens with one attached hydrogen (secondary N) is 2. The van der Waals surface area contributed by atoms with Crippen molar-refractivity contribution in [3.8, 4) is 0 Å². The van der Waals surface area contributed by atoms with Gasteiger partial charge in [-0.15, -0.1) is 0 Å². The highest BCUT2D eigenvalue weighted by Gasteiger charge is 2.23. The van der Waals surface area contributed by atoms with Crippen molar-refractivity contribution in [3.05, 3.63) is 28.7 Å². The lowest BCUT2D eigenvalue weighted by Gasteiger charge is -2.30. The van der Waals surface area contributed by atoms with Crippen LogP contribution in [0.15, 0.2) is 23.1 Å². The monoisotopic (exact) mass is 385 g/mol. The highest BCUT2D eigenvalue weighted by Crippen LogP contribution is 2.22. The van der Waals surface area contributed by atoms with Gasteiger partial charge in [0.05, 0.1) is 0 Å². The SMILES string of the molecule is CC(C)CC(=O)NC1CCC(Nc2ncc3ccc(=O)n(C(C)C)c3n2)CC1. The zero-order chi connectivity index (χ0) is 20.3. The second-order valence-corrected chi connectivity index (χ2v) is 8.47. The number of hydrogen-bond acceptors (Lipinski definition) is 5. The molecule has 3 rings (SSSR count). The molecule has 0 radical (unpaired) electrons. The fraction of sp³-hybridized carbons (Fsp3) is 0.619. The lowest BCUT2D eigenvalue weighted by atomic mass is 9.91. The third kappa shape index (κ3) is 4.88. The van der Waals surface area contributed by atoms with Crippen molar-refractivity contribution in [2.24, 2.45) is 5.92 Å². The van der Waals surface area contributed by atoms with Gasteiger partial charge < -0.3 is 10.6 Å². The number of anilines is 1. The summed E-state index contributed by atoms with van der Waals surface area (Å²) in [6, 6.07) is 3.90. The Hall–Kier alpha value is -2.44. The summed E-state index contributed by atoms with van der Waals surface area (Å²) in [5, 5.41) is 7.42. The van der Waals surface area contributed by atoms with Crippen molar-refractivity contribution >= 4 is 22.9 Å². The van der Waals surface area contributed by atoms with Crippen LogP contribution >= 0.6 is 0 Å². The van der Waals surface area contributed by atoms with Crippen LogP contribution in [0.2, 0.25) is 0 Å². The van der Waals surface area contributed by atoms with Crippen LogP contribution in [-0.2, 0) is 4.79 Å². The Morgan fingerprint density at radius 3 is 2.46 bits per heavy atom. The fourth-order valence-electron chi connectivity index (χ4n) is 3.83. The van der Waals surface area contributed by atoms with Crippen LogP contribution in [0, 0.1) is 5.92 Å². The minimum Gasteiger partial charge on any atom is -0.353 e. The number of carbonyl (C=O) groups is 1. The van der Waals surface area contributed by atoms with Crippen molar-refractivity contribution in [3.63, 3.8) is 0 Å². The van der Waals surface area contributed by atoms with Gasteiger partial charge in [-0.3, -0.25) is 14.2 Å². The van der Waals surface area contributed by atoms with E-state index >= 15 is 0 Å². The third-order valence-corrected chi connectivity index (χ3v) is 5.20. The molecule has 2 N–H and O–H groups in total. The van der Waals surface area contributed by atoms with E-state index in [1.807, 2.05) is 13.8 Å². The van der Waals surface area contributed by atoms with E-state index in [0.29, 0.717) is 23.9 Å². The number of fused-ring (bicyclic) bond motifs is 1. The molecule has 1 aliphatic carbocycles. The first-order chi connectivity index (χ1) is 13.3. The molecule has 28 heavy (non-hydrogen) atoms. The summed E-state index contributed by atoms with van der Waals surface area (Å²) < 4.78 is 1.70. The first-order valence-electron chi connectivity index (χ1n) is 10.3. The second kappa shape index (κ2) is 8.71. The van der Waals surface area contributed by atoms with Crippen molar-refractivity contribution < 1.29 is 4.79 Å². The molecular weight excluding hydrogens is 354 g/mol. The van der Waals surface area contributed by atoms with Crippen LogP contribution in [-0.4, -0.2) is 32.5 Å². The Kier molecular flexibility index (Phi) is 6.31. The smallest absolute Gasteiger partial charge is 0.252 e. The molecule has 152 valence electrons. The number of aromatic nitrogens is 3. The van der Waals surface area contributed by atoms with Gasteiger partial charge in [0.1, 0.15) is 5.65 Å². The van der Waals surface area contributed by atoms with Crippen LogP contribution < -0.4 is 16.2 Å². The standard InChI is InChI=1S/C21H31N5O2/c1-13(2)11-18(27)23-16-6-8-17(9-7-16)24-21-22-12-15-5-10-19(28)26(14(3)4)20(15)25-21/h5,10,12-14,16-17H,6-9,11H2,1-4H3,(H,23,27)(H,22,24,25). The maximum absolute atomic E-state index is 12.2. The van der Waals surface area contributed by atoms with Crippen molar-refractivity contribution in [2.75, 3.05) is 5.32 Å². The lowest BCUT2D eigenvalue weighted by molar-refractivity contribution is -0.122. The third-order valence-electron chi connectivity index (χ3n) is 5.20. The van der Waals surface area contributed by atoms with Gasteiger partial charge in [0.2, 0.25) is 11.9 Å². The summed E-state index contributed by atoms with van der Waals surface area (Å²) in [4.78, 5) is 33.2. The van der Waals surface area contributed by atoms with Gasteiger partial charge in [-0.25, -0.2) is 4.98 Å². The molecule has 1 saturated carbocycles.